The lowest BCUT2D eigenvalue weighted by Crippen LogP contribution is -2.59. The van der Waals surface area contributed by atoms with E-state index in [1.807, 2.05) is 13.8 Å². The van der Waals surface area contributed by atoms with Crippen molar-refractivity contribution in [3.05, 3.63) is 0 Å². The van der Waals surface area contributed by atoms with E-state index in [-0.39, 0.29) is 12.5 Å². The van der Waals surface area contributed by atoms with Gasteiger partial charge in [-0.1, -0.05) is 26.7 Å². The molecule has 2 N–H and O–H groups in total. The number of hydrogen-bond acceptors (Lipinski definition) is 3. The summed E-state index contributed by atoms with van der Waals surface area (Å²) in [6.45, 7) is 3.94. The minimum Gasteiger partial charge on any atom is -0.394 e. The molecule has 1 rings (SSSR count). The molecule has 4 heteroatoms. The van der Waals surface area contributed by atoms with Gasteiger partial charge in [-0.05, 0) is 32.1 Å². The number of amides is 1. The van der Waals surface area contributed by atoms with Crippen molar-refractivity contribution < 1.29 is 9.90 Å². The van der Waals surface area contributed by atoms with Crippen LogP contribution in [0, 0.1) is 16.7 Å². The van der Waals surface area contributed by atoms with Crippen molar-refractivity contribution >= 4 is 5.91 Å². The first-order valence-corrected chi connectivity index (χ1v) is 6.93. The molecule has 1 amide bonds. The Hall–Kier alpha value is -1.08. The molecule has 0 aromatic heterocycles. The van der Waals surface area contributed by atoms with E-state index in [9.17, 15) is 15.2 Å². The van der Waals surface area contributed by atoms with Crippen LogP contribution < -0.4 is 5.32 Å². The Labute approximate surface area is 109 Å². The minimum absolute atomic E-state index is 0.0293. The van der Waals surface area contributed by atoms with Crippen LogP contribution in [0.15, 0.2) is 0 Å². The van der Waals surface area contributed by atoms with E-state index in [2.05, 4.69) is 11.4 Å². The van der Waals surface area contributed by atoms with E-state index < -0.39 is 11.0 Å². The number of nitriles is 1. The van der Waals surface area contributed by atoms with E-state index in [0.717, 1.165) is 32.1 Å². The number of hydrogen-bond donors (Lipinski definition) is 2. The summed E-state index contributed by atoms with van der Waals surface area (Å²) in [5, 5.41) is 21.7. The molecule has 0 heterocycles. The monoisotopic (exact) mass is 252 g/mol. The second-order valence-corrected chi connectivity index (χ2v) is 5.44. The van der Waals surface area contributed by atoms with Crippen molar-refractivity contribution in [2.24, 2.45) is 5.41 Å². The van der Waals surface area contributed by atoms with Gasteiger partial charge < -0.3 is 10.4 Å². The number of carbonyl (C=O) groups is 1. The average molecular weight is 252 g/mol. The maximum Gasteiger partial charge on any atom is 0.240 e. The van der Waals surface area contributed by atoms with Gasteiger partial charge in [-0.2, -0.15) is 5.26 Å². The van der Waals surface area contributed by atoms with Gasteiger partial charge in [0.15, 0.2) is 0 Å². The fourth-order valence-corrected chi connectivity index (χ4v) is 2.65. The van der Waals surface area contributed by atoms with Crippen LogP contribution in [0.25, 0.3) is 0 Å². The van der Waals surface area contributed by atoms with Gasteiger partial charge in [0, 0.05) is 0 Å². The molecule has 0 aromatic rings. The first-order valence-electron chi connectivity index (χ1n) is 6.93. The molecule has 4 nitrogen and oxygen atoms in total. The van der Waals surface area contributed by atoms with Crippen LogP contribution in [0.3, 0.4) is 0 Å². The summed E-state index contributed by atoms with van der Waals surface area (Å²) < 4.78 is 0. The predicted octanol–water partition coefficient (Wildman–Crippen LogP) is 2.13. The number of nitrogens with zero attached hydrogens (tertiary/aromatic N) is 1. The lowest BCUT2D eigenvalue weighted by Gasteiger charge is -2.43. The normalized spacial score (nSPS) is 17.7. The molecule has 1 aliphatic carbocycles. The molecule has 0 atom stereocenters. The van der Waals surface area contributed by atoms with Crippen molar-refractivity contribution in [3.8, 4) is 6.07 Å². The molecule has 102 valence electrons. The second kappa shape index (κ2) is 6.19. The summed E-state index contributed by atoms with van der Waals surface area (Å²) in [7, 11) is 0. The standard InChI is InChI=1S/C14H24N2O2/c1-3-6-13(10-15,7-4-2)12(18)16-14(11-17)8-5-9-14/h17H,3-9,11H2,1-2H3,(H,16,18). The molecule has 1 saturated carbocycles. The molecule has 0 radical (unpaired) electrons. The van der Waals surface area contributed by atoms with E-state index >= 15 is 0 Å². The topological polar surface area (TPSA) is 73.1 Å². The molecule has 0 saturated heterocycles. The third kappa shape index (κ3) is 2.84. The van der Waals surface area contributed by atoms with Gasteiger partial charge in [0.25, 0.3) is 0 Å². The number of rotatable bonds is 7. The maximum absolute atomic E-state index is 12.4. The largest absolute Gasteiger partial charge is 0.394 e. The summed E-state index contributed by atoms with van der Waals surface area (Å²) in [4.78, 5) is 12.4. The molecular formula is C14H24N2O2. The SMILES string of the molecule is CCCC(C#N)(CCC)C(=O)NC1(CO)CCC1. The molecule has 1 fully saturated rings. The highest BCUT2D eigenvalue weighted by atomic mass is 16.3. The lowest BCUT2D eigenvalue weighted by atomic mass is 9.74. The highest BCUT2D eigenvalue weighted by Crippen LogP contribution is 2.35. The Morgan fingerprint density at radius 2 is 1.94 bits per heavy atom. The van der Waals surface area contributed by atoms with Crippen LogP contribution in [0.2, 0.25) is 0 Å². The number of carbonyl (C=O) groups excluding carboxylic acids is 1. The Morgan fingerprint density at radius 3 is 2.22 bits per heavy atom. The van der Waals surface area contributed by atoms with Crippen molar-refractivity contribution in [3.63, 3.8) is 0 Å². The highest BCUT2D eigenvalue weighted by Gasteiger charge is 2.44. The number of nitrogens with one attached hydrogen (secondary N) is 1. The second-order valence-electron chi connectivity index (χ2n) is 5.44. The smallest absolute Gasteiger partial charge is 0.240 e. The summed E-state index contributed by atoms with van der Waals surface area (Å²) in [5.41, 5.74) is -1.37. The lowest BCUT2D eigenvalue weighted by molar-refractivity contribution is -0.133. The van der Waals surface area contributed by atoms with E-state index in [1.165, 1.54) is 0 Å². The van der Waals surface area contributed by atoms with Crippen molar-refractivity contribution in [1.82, 2.24) is 5.32 Å². The third-order valence-electron chi connectivity index (χ3n) is 3.99. The Morgan fingerprint density at radius 1 is 1.39 bits per heavy atom. The summed E-state index contributed by atoms with van der Waals surface area (Å²) in [6.07, 6.45) is 5.46. The quantitative estimate of drug-likeness (QED) is 0.729. The first kappa shape index (κ1) is 15.0. The number of aliphatic hydroxyl groups is 1. The van der Waals surface area contributed by atoms with Crippen LogP contribution in [0.1, 0.15) is 58.8 Å². The van der Waals surface area contributed by atoms with Crippen LogP contribution in [-0.2, 0) is 4.79 Å². The van der Waals surface area contributed by atoms with Crippen LogP contribution >= 0.6 is 0 Å². The van der Waals surface area contributed by atoms with Gasteiger partial charge in [-0.25, -0.2) is 0 Å². The fraction of sp³-hybridized carbons (Fsp3) is 0.857. The highest BCUT2D eigenvalue weighted by molar-refractivity contribution is 5.86. The van der Waals surface area contributed by atoms with Gasteiger partial charge in [0.05, 0.1) is 18.2 Å². The molecular weight excluding hydrogens is 228 g/mol. The van der Waals surface area contributed by atoms with Crippen LogP contribution in [0.5, 0.6) is 0 Å². The average Bonchev–Trinajstić information content (AvgIpc) is 2.33. The molecule has 0 bridgehead atoms. The number of aliphatic hydroxyl groups excluding tert-OH is 1. The van der Waals surface area contributed by atoms with Crippen molar-refractivity contribution in [1.29, 1.82) is 5.26 Å². The van der Waals surface area contributed by atoms with E-state index in [4.69, 9.17) is 0 Å². The molecule has 0 unspecified atom stereocenters. The van der Waals surface area contributed by atoms with Gasteiger partial charge in [-0.15, -0.1) is 0 Å². The van der Waals surface area contributed by atoms with E-state index in [1.54, 1.807) is 0 Å². The van der Waals surface area contributed by atoms with Gasteiger partial charge in [0.1, 0.15) is 5.41 Å². The zero-order chi connectivity index (χ0) is 13.6. The summed E-state index contributed by atoms with van der Waals surface area (Å²) in [5.74, 6) is -0.192. The van der Waals surface area contributed by atoms with Crippen molar-refractivity contribution in [2.45, 2.75) is 64.3 Å². The molecule has 1 aliphatic rings. The molecule has 0 aliphatic heterocycles. The van der Waals surface area contributed by atoms with Gasteiger partial charge in [-0.3, -0.25) is 4.79 Å². The summed E-state index contributed by atoms with van der Waals surface area (Å²) in [6, 6.07) is 2.22. The zero-order valence-corrected chi connectivity index (χ0v) is 11.5. The first-order chi connectivity index (χ1) is 8.58. The van der Waals surface area contributed by atoms with E-state index in [0.29, 0.717) is 12.8 Å². The fourth-order valence-electron chi connectivity index (χ4n) is 2.65. The molecule has 0 aromatic carbocycles. The Kier molecular flexibility index (Phi) is 5.15. The Balaban J connectivity index is 2.79. The maximum atomic E-state index is 12.4. The van der Waals surface area contributed by atoms with Gasteiger partial charge >= 0.3 is 0 Å². The van der Waals surface area contributed by atoms with Crippen LogP contribution in [0.4, 0.5) is 0 Å². The molecule has 0 spiro atoms. The zero-order valence-electron chi connectivity index (χ0n) is 11.5. The third-order valence-corrected chi connectivity index (χ3v) is 3.99. The minimum atomic E-state index is -0.915. The van der Waals surface area contributed by atoms with Crippen molar-refractivity contribution in [2.75, 3.05) is 6.61 Å². The molecule has 18 heavy (non-hydrogen) atoms. The van der Waals surface area contributed by atoms with Gasteiger partial charge in [0.2, 0.25) is 5.91 Å². The van der Waals surface area contributed by atoms with Crippen LogP contribution in [-0.4, -0.2) is 23.2 Å². The summed E-state index contributed by atoms with van der Waals surface area (Å²) >= 11 is 0. The Bertz CT molecular complexity index is 318. The predicted molar refractivity (Wildman–Crippen MR) is 69.7 cm³/mol.